The van der Waals surface area contributed by atoms with E-state index in [1.54, 1.807) is 19.1 Å². The molecule has 0 aromatic heterocycles. The number of nitrogens with one attached hydrogen (secondary N) is 1. The fraction of sp³-hybridized carbons (Fsp3) is 0.200. The highest BCUT2D eigenvalue weighted by Crippen LogP contribution is 2.19. The van der Waals surface area contributed by atoms with Crippen molar-refractivity contribution in [2.75, 3.05) is 5.01 Å². The lowest BCUT2D eigenvalue weighted by Gasteiger charge is -2.12. The van der Waals surface area contributed by atoms with Gasteiger partial charge in [0, 0.05) is 0 Å². The fourth-order valence-corrected chi connectivity index (χ4v) is 1.47. The number of para-hydroxylation sites is 1. The number of anilines is 1. The Morgan fingerprint density at radius 2 is 2.07 bits per heavy atom. The number of nitrogens with zero attached hydrogens (tertiary/aromatic N) is 2. The van der Waals surface area contributed by atoms with Gasteiger partial charge in [0.25, 0.3) is 5.91 Å². The first-order valence-electron chi connectivity index (χ1n) is 4.58. The van der Waals surface area contributed by atoms with Crippen LogP contribution < -0.4 is 10.5 Å². The van der Waals surface area contributed by atoms with Gasteiger partial charge in [0.05, 0.1) is 11.4 Å². The number of amides is 1. The van der Waals surface area contributed by atoms with Crippen LogP contribution in [0.1, 0.15) is 6.92 Å². The Morgan fingerprint density at radius 3 is 2.60 bits per heavy atom. The Hall–Kier alpha value is -1.72. The molecular formula is C10H11N3O2. The van der Waals surface area contributed by atoms with Gasteiger partial charge in [0.1, 0.15) is 0 Å². The minimum atomic E-state index is -0.731. The van der Waals surface area contributed by atoms with Crippen LogP contribution in [0.25, 0.3) is 0 Å². The lowest BCUT2D eigenvalue weighted by molar-refractivity contribution is -0.120. The maximum absolute atomic E-state index is 11.7. The minimum Gasteiger partial charge on any atom is -0.316 e. The molecule has 15 heavy (non-hydrogen) atoms. The van der Waals surface area contributed by atoms with Crippen LogP contribution >= 0.6 is 0 Å². The van der Waals surface area contributed by atoms with Crippen LogP contribution in [-0.2, 0) is 4.79 Å². The first-order valence-corrected chi connectivity index (χ1v) is 4.58. The molecule has 0 saturated carbocycles. The number of carbonyl (C=O) groups is 1. The average Bonchev–Trinajstić information content (AvgIpc) is 2.55. The summed E-state index contributed by atoms with van der Waals surface area (Å²) in [5.74, 6) is -0.277. The van der Waals surface area contributed by atoms with E-state index in [0.29, 0.717) is 11.4 Å². The van der Waals surface area contributed by atoms with Gasteiger partial charge >= 0.3 is 0 Å². The molecule has 1 atom stereocenters. The molecular weight excluding hydrogens is 194 g/mol. The van der Waals surface area contributed by atoms with Crippen molar-refractivity contribution in [3.63, 3.8) is 0 Å². The molecule has 0 fully saturated rings. The van der Waals surface area contributed by atoms with Crippen LogP contribution in [0.3, 0.4) is 0 Å². The highest BCUT2D eigenvalue weighted by molar-refractivity contribution is 6.17. The Kier molecular flexibility index (Phi) is 2.49. The van der Waals surface area contributed by atoms with Crippen molar-refractivity contribution in [1.29, 1.82) is 0 Å². The summed E-state index contributed by atoms with van der Waals surface area (Å²) in [7, 11) is 0. The molecule has 1 amide bonds. The van der Waals surface area contributed by atoms with Gasteiger partial charge in [-0.3, -0.25) is 4.79 Å². The summed E-state index contributed by atoms with van der Waals surface area (Å²) in [5, 5.41) is 14.1. The second-order valence-corrected chi connectivity index (χ2v) is 3.29. The summed E-state index contributed by atoms with van der Waals surface area (Å²) >= 11 is 0. The van der Waals surface area contributed by atoms with Crippen LogP contribution in [0.4, 0.5) is 5.69 Å². The van der Waals surface area contributed by atoms with Gasteiger partial charge in [0.15, 0.2) is 6.04 Å². The zero-order chi connectivity index (χ0) is 10.8. The first-order chi connectivity index (χ1) is 7.24. The molecule has 0 radical (unpaired) electrons. The Morgan fingerprint density at radius 1 is 1.40 bits per heavy atom. The highest BCUT2D eigenvalue weighted by atomic mass is 16.5. The lowest BCUT2D eigenvalue weighted by Crippen LogP contribution is -2.41. The third kappa shape index (κ3) is 1.62. The van der Waals surface area contributed by atoms with E-state index in [1.807, 2.05) is 23.7 Å². The van der Waals surface area contributed by atoms with Gasteiger partial charge in [-0.05, 0) is 19.1 Å². The molecule has 0 bridgehead atoms. The Balaban J connectivity index is 2.31. The molecule has 1 aromatic rings. The van der Waals surface area contributed by atoms with Crippen LogP contribution in [0, 0.1) is 0 Å². The monoisotopic (exact) mass is 205 g/mol. The van der Waals surface area contributed by atoms with E-state index in [4.69, 9.17) is 5.21 Å². The summed E-state index contributed by atoms with van der Waals surface area (Å²) in [6.07, 6.45) is 0. The van der Waals surface area contributed by atoms with Crippen molar-refractivity contribution in [2.24, 2.45) is 5.10 Å². The van der Waals surface area contributed by atoms with Gasteiger partial charge in [-0.25, -0.2) is 0 Å². The SMILES string of the molecule is CC1=NN(c2ccccc2)C(=O)[C@H]1NO. The standard InChI is InChI=1S/C10H11N3O2/c1-7-9(12-15)10(14)13(11-7)8-5-3-2-4-6-8/h2-6,9,12,15H,1H3/t9-/m0/s1. The minimum absolute atomic E-state index is 0.277. The third-order valence-corrected chi connectivity index (χ3v) is 2.26. The molecule has 0 spiro atoms. The summed E-state index contributed by atoms with van der Waals surface area (Å²) in [6.45, 7) is 1.69. The van der Waals surface area contributed by atoms with E-state index in [-0.39, 0.29) is 5.91 Å². The van der Waals surface area contributed by atoms with Crippen molar-refractivity contribution < 1.29 is 10.0 Å². The van der Waals surface area contributed by atoms with E-state index in [1.165, 1.54) is 5.01 Å². The zero-order valence-electron chi connectivity index (χ0n) is 8.21. The number of carbonyl (C=O) groups excluding carboxylic acids is 1. The van der Waals surface area contributed by atoms with Gasteiger partial charge in [-0.2, -0.15) is 15.6 Å². The molecule has 1 heterocycles. The van der Waals surface area contributed by atoms with Crippen LogP contribution in [0.5, 0.6) is 0 Å². The van der Waals surface area contributed by atoms with E-state index in [0.717, 1.165) is 0 Å². The largest absolute Gasteiger partial charge is 0.316 e. The van der Waals surface area contributed by atoms with Crippen LogP contribution in [-0.4, -0.2) is 22.9 Å². The van der Waals surface area contributed by atoms with Gasteiger partial charge in [0.2, 0.25) is 0 Å². The van der Waals surface area contributed by atoms with Crippen molar-refractivity contribution in [3.8, 4) is 0 Å². The predicted molar refractivity (Wildman–Crippen MR) is 55.7 cm³/mol. The quantitative estimate of drug-likeness (QED) is 0.700. The van der Waals surface area contributed by atoms with Crippen molar-refractivity contribution in [1.82, 2.24) is 5.48 Å². The molecule has 2 N–H and O–H groups in total. The molecule has 78 valence electrons. The van der Waals surface area contributed by atoms with E-state index in [9.17, 15) is 4.79 Å². The number of hydroxylamine groups is 1. The third-order valence-electron chi connectivity index (χ3n) is 2.26. The van der Waals surface area contributed by atoms with Crippen molar-refractivity contribution in [2.45, 2.75) is 13.0 Å². The fourth-order valence-electron chi connectivity index (χ4n) is 1.47. The predicted octanol–water partition coefficient (Wildman–Crippen LogP) is 0.756. The molecule has 0 aliphatic carbocycles. The Bertz CT molecular complexity index is 402. The molecule has 2 rings (SSSR count). The van der Waals surface area contributed by atoms with E-state index in [2.05, 4.69) is 5.10 Å². The van der Waals surface area contributed by atoms with Crippen LogP contribution in [0.2, 0.25) is 0 Å². The number of benzene rings is 1. The second-order valence-electron chi connectivity index (χ2n) is 3.29. The molecule has 5 heteroatoms. The molecule has 0 saturated heterocycles. The number of rotatable bonds is 2. The highest BCUT2D eigenvalue weighted by Gasteiger charge is 2.33. The smallest absolute Gasteiger partial charge is 0.272 e. The Labute approximate surface area is 87.0 Å². The van der Waals surface area contributed by atoms with Gasteiger partial charge in [-0.15, -0.1) is 0 Å². The van der Waals surface area contributed by atoms with E-state index < -0.39 is 6.04 Å². The maximum atomic E-state index is 11.7. The molecule has 1 aliphatic heterocycles. The first kappa shape index (κ1) is 9.82. The van der Waals surface area contributed by atoms with Gasteiger partial charge < -0.3 is 5.21 Å². The summed E-state index contributed by atoms with van der Waals surface area (Å²) in [6, 6.07) is 8.36. The van der Waals surface area contributed by atoms with Crippen molar-refractivity contribution >= 4 is 17.3 Å². The molecule has 1 aliphatic rings. The lowest BCUT2D eigenvalue weighted by atomic mass is 10.2. The maximum Gasteiger partial charge on any atom is 0.272 e. The topological polar surface area (TPSA) is 64.9 Å². The van der Waals surface area contributed by atoms with Crippen molar-refractivity contribution in [3.05, 3.63) is 30.3 Å². The summed E-state index contributed by atoms with van der Waals surface area (Å²) in [5.41, 5.74) is 3.18. The van der Waals surface area contributed by atoms with E-state index >= 15 is 0 Å². The summed E-state index contributed by atoms with van der Waals surface area (Å²) < 4.78 is 0. The zero-order valence-corrected chi connectivity index (χ0v) is 8.21. The normalized spacial score (nSPS) is 20.7. The number of hydrogen-bond acceptors (Lipinski definition) is 4. The molecule has 0 unspecified atom stereocenters. The summed E-state index contributed by atoms with van der Waals surface area (Å²) in [4.78, 5) is 11.7. The number of hydrogen-bond donors (Lipinski definition) is 2. The second kappa shape index (κ2) is 3.80. The molecule has 1 aromatic carbocycles. The van der Waals surface area contributed by atoms with Gasteiger partial charge in [-0.1, -0.05) is 18.2 Å². The number of hydrazone groups is 1. The average molecular weight is 205 g/mol. The van der Waals surface area contributed by atoms with Crippen LogP contribution in [0.15, 0.2) is 35.4 Å². The molecule has 5 nitrogen and oxygen atoms in total.